The summed E-state index contributed by atoms with van der Waals surface area (Å²) >= 11 is 0. The van der Waals surface area contributed by atoms with Gasteiger partial charge in [0.1, 0.15) is 22.9 Å². The molecular formula is C14H17FO3. The maximum absolute atomic E-state index is 14.0. The lowest BCUT2D eigenvalue weighted by atomic mass is 9.91. The molecule has 0 saturated heterocycles. The number of benzene rings is 1. The van der Waals surface area contributed by atoms with Gasteiger partial charge in [-0.05, 0) is 38.0 Å². The SMILES string of the molecule is COc1cccc(F)c1C(C)(O)C1=CCCCO1. The minimum Gasteiger partial charge on any atom is -0.496 e. The van der Waals surface area contributed by atoms with E-state index in [1.165, 1.54) is 20.1 Å². The van der Waals surface area contributed by atoms with Crippen LogP contribution in [0.3, 0.4) is 0 Å². The predicted molar refractivity (Wildman–Crippen MR) is 65.8 cm³/mol. The Morgan fingerprint density at radius 2 is 2.22 bits per heavy atom. The molecule has 1 heterocycles. The Morgan fingerprint density at radius 1 is 1.44 bits per heavy atom. The molecule has 0 aliphatic carbocycles. The number of rotatable bonds is 3. The third kappa shape index (κ3) is 2.20. The molecular weight excluding hydrogens is 235 g/mol. The largest absolute Gasteiger partial charge is 0.496 e. The number of ether oxygens (including phenoxy) is 2. The zero-order valence-electron chi connectivity index (χ0n) is 10.6. The summed E-state index contributed by atoms with van der Waals surface area (Å²) in [6, 6.07) is 4.47. The average molecular weight is 252 g/mol. The van der Waals surface area contributed by atoms with E-state index < -0.39 is 11.4 Å². The lowest BCUT2D eigenvalue weighted by molar-refractivity contribution is 0.0108. The summed E-state index contributed by atoms with van der Waals surface area (Å²) in [4.78, 5) is 0. The van der Waals surface area contributed by atoms with E-state index in [1.54, 1.807) is 18.2 Å². The standard InChI is InChI=1S/C14H17FO3/c1-14(16,12-8-3-4-9-18-12)13-10(15)6-5-7-11(13)17-2/h5-8,16H,3-4,9H2,1-2H3. The topological polar surface area (TPSA) is 38.7 Å². The molecule has 0 amide bonds. The van der Waals surface area contributed by atoms with Crippen LogP contribution in [0.1, 0.15) is 25.3 Å². The molecule has 0 fully saturated rings. The Labute approximate surface area is 106 Å². The van der Waals surface area contributed by atoms with Gasteiger partial charge in [0.2, 0.25) is 0 Å². The highest BCUT2D eigenvalue weighted by Crippen LogP contribution is 2.38. The first kappa shape index (κ1) is 12.9. The normalized spacial score (nSPS) is 18.6. The molecule has 18 heavy (non-hydrogen) atoms. The fraction of sp³-hybridized carbons (Fsp3) is 0.429. The van der Waals surface area contributed by atoms with Gasteiger partial charge in [0.25, 0.3) is 0 Å². The molecule has 1 atom stereocenters. The molecule has 1 N–H and O–H groups in total. The van der Waals surface area contributed by atoms with Gasteiger partial charge in [-0.3, -0.25) is 0 Å². The summed E-state index contributed by atoms with van der Waals surface area (Å²) in [6.07, 6.45) is 3.53. The van der Waals surface area contributed by atoms with Crippen molar-refractivity contribution in [2.24, 2.45) is 0 Å². The lowest BCUT2D eigenvalue weighted by Gasteiger charge is -2.30. The molecule has 1 aromatic rings. The van der Waals surface area contributed by atoms with E-state index in [4.69, 9.17) is 9.47 Å². The van der Waals surface area contributed by atoms with Crippen molar-refractivity contribution in [3.05, 3.63) is 41.4 Å². The van der Waals surface area contributed by atoms with E-state index in [2.05, 4.69) is 0 Å². The second-order valence-corrected chi connectivity index (χ2v) is 4.45. The first-order valence-electron chi connectivity index (χ1n) is 5.96. The van der Waals surface area contributed by atoms with Crippen LogP contribution >= 0.6 is 0 Å². The predicted octanol–water partition coefficient (Wildman–Crippen LogP) is 2.74. The summed E-state index contributed by atoms with van der Waals surface area (Å²) in [6.45, 7) is 2.06. The average Bonchev–Trinajstić information content (AvgIpc) is 2.39. The van der Waals surface area contributed by atoms with Crippen molar-refractivity contribution < 1.29 is 19.0 Å². The fourth-order valence-corrected chi connectivity index (χ4v) is 2.17. The van der Waals surface area contributed by atoms with Crippen molar-refractivity contribution in [1.82, 2.24) is 0 Å². The summed E-state index contributed by atoms with van der Waals surface area (Å²) in [5.74, 6) is 0.196. The van der Waals surface area contributed by atoms with Crippen LogP contribution in [0, 0.1) is 5.82 Å². The van der Waals surface area contributed by atoms with E-state index in [0.717, 1.165) is 12.8 Å². The Kier molecular flexibility index (Phi) is 3.57. The molecule has 0 spiro atoms. The van der Waals surface area contributed by atoms with Crippen molar-refractivity contribution >= 4 is 0 Å². The first-order chi connectivity index (χ1) is 8.57. The molecule has 0 saturated carbocycles. The summed E-state index contributed by atoms with van der Waals surface area (Å²) in [5, 5.41) is 10.6. The van der Waals surface area contributed by atoms with Gasteiger partial charge in [0.15, 0.2) is 0 Å². The zero-order chi connectivity index (χ0) is 13.2. The van der Waals surface area contributed by atoms with Crippen molar-refractivity contribution in [2.45, 2.75) is 25.4 Å². The molecule has 98 valence electrons. The van der Waals surface area contributed by atoms with Crippen molar-refractivity contribution in [2.75, 3.05) is 13.7 Å². The second-order valence-electron chi connectivity index (χ2n) is 4.45. The van der Waals surface area contributed by atoms with Gasteiger partial charge in [-0.1, -0.05) is 6.07 Å². The van der Waals surface area contributed by atoms with Gasteiger partial charge in [-0.2, -0.15) is 0 Å². The maximum atomic E-state index is 14.0. The van der Waals surface area contributed by atoms with Gasteiger partial charge < -0.3 is 14.6 Å². The second kappa shape index (κ2) is 4.98. The molecule has 3 nitrogen and oxygen atoms in total. The van der Waals surface area contributed by atoms with E-state index in [0.29, 0.717) is 18.1 Å². The number of aliphatic hydroxyl groups is 1. The smallest absolute Gasteiger partial charge is 0.150 e. The minimum absolute atomic E-state index is 0.112. The first-order valence-corrected chi connectivity index (χ1v) is 5.96. The molecule has 4 heteroatoms. The minimum atomic E-state index is -1.52. The van der Waals surface area contributed by atoms with E-state index in [1.807, 2.05) is 0 Å². The van der Waals surface area contributed by atoms with E-state index >= 15 is 0 Å². The van der Waals surface area contributed by atoms with Gasteiger partial charge in [-0.25, -0.2) is 4.39 Å². The van der Waals surface area contributed by atoms with E-state index in [-0.39, 0.29) is 5.56 Å². The van der Waals surface area contributed by atoms with Gasteiger partial charge in [0, 0.05) is 0 Å². The highest BCUT2D eigenvalue weighted by molar-refractivity contribution is 5.42. The summed E-state index contributed by atoms with van der Waals surface area (Å²) in [5.41, 5.74) is -1.41. The van der Waals surface area contributed by atoms with Crippen LogP contribution in [-0.2, 0) is 10.3 Å². The van der Waals surface area contributed by atoms with Crippen molar-refractivity contribution in [3.63, 3.8) is 0 Å². The highest BCUT2D eigenvalue weighted by atomic mass is 19.1. The molecule has 1 aliphatic heterocycles. The molecule has 0 bridgehead atoms. The summed E-state index contributed by atoms with van der Waals surface area (Å²) in [7, 11) is 1.45. The van der Waals surface area contributed by atoms with Crippen molar-refractivity contribution in [1.29, 1.82) is 0 Å². The number of hydrogen-bond acceptors (Lipinski definition) is 3. The monoisotopic (exact) mass is 252 g/mol. The Hall–Kier alpha value is -1.55. The maximum Gasteiger partial charge on any atom is 0.150 e. The van der Waals surface area contributed by atoms with Gasteiger partial charge in [-0.15, -0.1) is 0 Å². The summed E-state index contributed by atoms with van der Waals surface area (Å²) < 4.78 is 24.5. The van der Waals surface area contributed by atoms with Gasteiger partial charge in [0.05, 0.1) is 19.3 Å². The molecule has 1 aliphatic rings. The lowest BCUT2D eigenvalue weighted by Crippen LogP contribution is -2.29. The molecule has 2 rings (SSSR count). The van der Waals surface area contributed by atoms with Crippen LogP contribution in [0.25, 0.3) is 0 Å². The van der Waals surface area contributed by atoms with Gasteiger partial charge >= 0.3 is 0 Å². The Morgan fingerprint density at radius 3 is 2.83 bits per heavy atom. The number of allylic oxidation sites excluding steroid dienone is 1. The van der Waals surface area contributed by atoms with Crippen LogP contribution in [0.4, 0.5) is 4.39 Å². The van der Waals surface area contributed by atoms with Crippen LogP contribution in [0.15, 0.2) is 30.0 Å². The molecule has 1 aromatic carbocycles. The third-order valence-electron chi connectivity index (χ3n) is 3.10. The number of halogens is 1. The van der Waals surface area contributed by atoms with Crippen LogP contribution in [0.2, 0.25) is 0 Å². The fourth-order valence-electron chi connectivity index (χ4n) is 2.17. The third-order valence-corrected chi connectivity index (χ3v) is 3.10. The molecule has 0 radical (unpaired) electrons. The molecule has 0 aromatic heterocycles. The van der Waals surface area contributed by atoms with Crippen molar-refractivity contribution in [3.8, 4) is 5.75 Å². The number of methoxy groups -OCH3 is 1. The molecule has 1 unspecified atom stereocenters. The van der Waals surface area contributed by atoms with Crippen LogP contribution in [0.5, 0.6) is 5.75 Å². The van der Waals surface area contributed by atoms with E-state index in [9.17, 15) is 9.50 Å². The Bertz CT molecular complexity index is 466. The number of hydrogen-bond donors (Lipinski definition) is 1. The quantitative estimate of drug-likeness (QED) is 0.899. The van der Waals surface area contributed by atoms with Crippen LogP contribution in [-0.4, -0.2) is 18.8 Å². The Balaban J connectivity index is 2.49. The van der Waals surface area contributed by atoms with Crippen LogP contribution < -0.4 is 4.74 Å². The highest BCUT2D eigenvalue weighted by Gasteiger charge is 2.36. The zero-order valence-corrected chi connectivity index (χ0v) is 10.6.